The Bertz CT molecular complexity index is 625. The molecule has 0 fully saturated rings. The van der Waals surface area contributed by atoms with E-state index in [-0.39, 0.29) is 11.8 Å². The molecule has 1 aromatic carbocycles. The molecule has 20 heavy (non-hydrogen) atoms. The Kier molecular flexibility index (Phi) is 4.68. The maximum Gasteiger partial charge on any atom is 0.229 e. The van der Waals surface area contributed by atoms with Crippen molar-refractivity contribution < 1.29 is 4.79 Å². The average Bonchev–Trinajstić information content (AvgIpc) is 2.80. The number of anilines is 1. The molecule has 2 rings (SSSR count). The van der Waals surface area contributed by atoms with Crippen LogP contribution in [0.3, 0.4) is 0 Å². The van der Waals surface area contributed by atoms with Gasteiger partial charge in [-0.25, -0.2) is 0 Å². The maximum absolute atomic E-state index is 12.2. The lowest BCUT2D eigenvalue weighted by molar-refractivity contribution is -0.119. The predicted molar refractivity (Wildman–Crippen MR) is 81.2 cm³/mol. The van der Waals surface area contributed by atoms with Crippen LogP contribution in [0.4, 0.5) is 5.69 Å². The molecular weight excluding hydrogens is 297 g/mol. The molecule has 0 spiro atoms. The molecule has 0 aliphatic rings. The van der Waals surface area contributed by atoms with Crippen molar-refractivity contribution in [1.82, 2.24) is 9.78 Å². The van der Waals surface area contributed by atoms with E-state index in [1.54, 1.807) is 23.1 Å². The van der Waals surface area contributed by atoms with Crippen molar-refractivity contribution in [2.24, 2.45) is 5.92 Å². The summed E-state index contributed by atoms with van der Waals surface area (Å²) in [6.07, 6.45) is 3.24. The van der Waals surface area contributed by atoms with Crippen LogP contribution in [0.2, 0.25) is 10.0 Å². The van der Waals surface area contributed by atoms with Crippen molar-refractivity contribution in [3.05, 3.63) is 46.2 Å². The van der Waals surface area contributed by atoms with Crippen LogP contribution in [0.25, 0.3) is 0 Å². The molecule has 1 heterocycles. The van der Waals surface area contributed by atoms with Crippen molar-refractivity contribution in [3.8, 4) is 0 Å². The van der Waals surface area contributed by atoms with Gasteiger partial charge in [0.2, 0.25) is 5.91 Å². The van der Waals surface area contributed by atoms with E-state index in [0.29, 0.717) is 16.6 Å². The summed E-state index contributed by atoms with van der Waals surface area (Å²) in [6.45, 7) is 4.18. The van der Waals surface area contributed by atoms with Crippen LogP contribution in [-0.4, -0.2) is 15.7 Å². The van der Waals surface area contributed by atoms with Gasteiger partial charge in [0, 0.05) is 16.9 Å². The van der Waals surface area contributed by atoms with Gasteiger partial charge in [0.15, 0.2) is 0 Å². The van der Waals surface area contributed by atoms with Gasteiger partial charge in [-0.15, -0.1) is 0 Å². The number of hydrogen-bond donors (Lipinski definition) is 1. The van der Waals surface area contributed by atoms with Gasteiger partial charge in [0.1, 0.15) is 0 Å². The van der Waals surface area contributed by atoms with Crippen LogP contribution < -0.4 is 5.32 Å². The molecular formula is C14H15Cl2N3O. The third-order valence-corrected chi connectivity index (χ3v) is 3.64. The Balaban J connectivity index is 2.02. The number of carbonyl (C=O) groups excluding carboxylic acids is 1. The quantitative estimate of drug-likeness (QED) is 0.934. The normalized spacial score (nSPS) is 12.2. The lowest BCUT2D eigenvalue weighted by Gasteiger charge is -2.14. The van der Waals surface area contributed by atoms with Gasteiger partial charge in [0.25, 0.3) is 0 Å². The summed E-state index contributed by atoms with van der Waals surface area (Å²) in [5.74, 6) is -0.314. The molecule has 1 amide bonds. The summed E-state index contributed by atoms with van der Waals surface area (Å²) in [7, 11) is 0. The zero-order valence-corrected chi connectivity index (χ0v) is 12.7. The summed E-state index contributed by atoms with van der Waals surface area (Å²) in [6, 6.07) is 5.43. The summed E-state index contributed by atoms with van der Waals surface area (Å²) in [5, 5.41) is 8.13. The highest BCUT2D eigenvalue weighted by molar-refractivity contribution is 6.31. The molecule has 4 nitrogen and oxygen atoms in total. The SMILES string of the molecule is Cc1c(Cl)cccc1NC(=O)C(C)Cn1cc(Cl)cn1. The number of nitrogens with zero attached hydrogens (tertiary/aromatic N) is 2. The maximum atomic E-state index is 12.2. The number of rotatable bonds is 4. The smallest absolute Gasteiger partial charge is 0.229 e. The first-order valence-electron chi connectivity index (χ1n) is 6.21. The lowest BCUT2D eigenvalue weighted by atomic mass is 10.1. The van der Waals surface area contributed by atoms with Gasteiger partial charge in [-0.3, -0.25) is 9.48 Å². The number of aromatic nitrogens is 2. The topological polar surface area (TPSA) is 46.9 Å². The first kappa shape index (κ1) is 14.9. The fraction of sp³-hybridized carbons (Fsp3) is 0.286. The van der Waals surface area contributed by atoms with Crippen LogP contribution in [0.15, 0.2) is 30.6 Å². The number of benzene rings is 1. The van der Waals surface area contributed by atoms with E-state index in [2.05, 4.69) is 10.4 Å². The van der Waals surface area contributed by atoms with E-state index in [1.807, 2.05) is 26.0 Å². The highest BCUT2D eigenvalue weighted by Crippen LogP contribution is 2.23. The molecule has 0 aliphatic heterocycles. The Morgan fingerprint density at radius 2 is 2.20 bits per heavy atom. The van der Waals surface area contributed by atoms with E-state index in [1.165, 1.54) is 0 Å². The molecule has 106 valence electrons. The fourth-order valence-electron chi connectivity index (χ4n) is 1.80. The summed E-state index contributed by atoms with van der Waals surface area (Å²) >= 11 is 11.8. The van der Waals surface area contributed by atoms with Gasteiger partial charge >= 0.3 is 0 Å². The molecule has 1 atom stereocenters. The standard InChI is InChI=1S/C14H15Cl2N3O/c1-9(7-19-8-11(15)6-17-19)14(20)18-13-5-3-4-12(16)10(13)2/h3-6,8-9H,7H2,1-2H3,(H,18,20). The minimum atomic E-state index is -0.232. The summed E-state index contributed by atoms with van der Waals surface area (Å²) < 4.78 is 1.65. The van der Waals surface area contributed by atoms with E-state index in [4.69, 9.17) is 23.2 Å². The van der Waals surface area contributed by atoms with E-state index >= 15 is 0 Å². The van der Waals surface area contributed by atoms with E-state index < -0.39 is 0 Å². The third kappa shape index (κ3) is 3.52. The van der Waals surface area contributed by atoms with Crippen LogP contribution in [0.5, 0.6) is 0 Å². The number of halogens is 2. The molecule has 1 N–H and O–H groups in total. The van der Waals surface area contributed by atoms with Crippen LogP contribution in [0, 0.1) is 12.8 Å². The first-order chi connectivity index (χ1) is 9.47. The summed E-state index contributed by atoms with van der Waals surface area (Å²) in [5.41, 5.74) is 1.59. The van der Waals surface area contributed by atoms with Crippen molar-refractivity contribution in [2.75, 3.05) is 5.32 Å². The lowest BCUT2D eigenvalue weighted by Crippen LogP contribution is -2.25. The second kappa shape index (κ2) is 6.29. The Labute approximate surface area is 127 Å². The zero-order chi connectivity index (χ0) is 14.7. The zero-order valence-electron chi connectivity index (χ0n) is 11.2. The van der Waals surface area contributed by atoms with Gasteiger partial charge < -0.3 is 5.32 Å². The molecule has 1 aromatic heterocycles. The van der Waals surface area contributed by atoms with Gasteiger partial charge in [-0.1, -0.05) is 36.2 Å². The van der Waals surface area contributed by atoms with E-state index in [0.717, 1.165) is 11.3 Å². The molecule has 0 saturated carbocycles. The predicted octanol–water partition coefficient (Wildman–Crippen LogP) is 3.77. The largest absolute Gasteiger partial charge is 0.326 e. The molecule has 6 heteroatoms. The number of amides is 1. The van der Waals surface area contributed by atoms with Crippen molar-refractivity contribution in [2.45, 2.75) is 20.4 Å². The fourth-order valence-corrected chi connectivity index (χ4v) is 2.13. The van der Waals surface area contributed by atoms with Gasteiger partial charge in [-0.05, 0) is 24.6 Å². The second-order valence-electron chi connectivity index (χ2n) is 4.68. The van der Waals surface area contributed by atoms with Crippen molar-refractivity contribution in [3.63, 3.8) is 0 Å². The minimum Gasteiger partial charge on any atom is -0.326 e. The van der Waals surface area contributed by atoms with Gasteiger partial charge in [0.05, 0.1) is 23.7 Å². The molecule has 0 radical (unpaired) electrons. The molecule has 0 bridgehead atoms. The van der Waals surface area contributed by atoms with Crippen LogP contribution >= 0.6 is 23.2 Å². The van der Waals surface area contributed by atoms with E-state index in [9.17, 15) is 4.79 Å². The molecule has 2 aromatic rings. The second-order valence-corrected chi connectivity index (χ2v) is 5.53. The highest BCUT2D eigenvalue weighted by Gasteiger charge is 2.15. The minimum absolute atomic E-state index is 0.0815. The van der Waals surface area contributed by atoms with Crippen LogP contribution in [-0.2, 0) is 11.3 Å². The number of hydrogen-bond acceptors (Lipinski definition) is 2. The Hall–Kier alpha value is -1.52. The molecule has 0 saturated heterocycles. The number of carbonyl (C=O) groups is 1. The monoisotopic (exact) mass is 311 g/mol. The summed E-state index contributed by atoms with van der Waals surface area (Å²) in [4.78, 5) is 12.2. The van der Waals surface area contributed by atoms with Crippen LogP contribution in [0.1, 0.15) is 12.5 Å². The first-order valence-corrected chi connectivity index (χ1v) is 6.97. The Morgan fingerprint density at radius 1 is 1.45 bits per heavy atom. The van der Waals surface area contributed by atoms with Crippen molar-refractivity contribution >= 4 is 34.8 Å². The third-order valence-electron chi connectivity index (χ3n) is 3.04. The molecule has 0 aliphatic carbocycles. The van der Waals surface area contributed by atoms with Gasteiger partial charge in [-0.2, -0.15) is 5.10 Å². The molecule has 1 unspecified atom stereocenters. The van der Waals surface area contributed by atoms with Crippen molar-refractivity contribution in [1.29, 1.82) is 0 Å². The Morgan fingerprint density at radius 3 is 2.85 bits per heavy atom. The number of nitrogens with one attached hydrogen (secondary N) is 1. The highest BCUT2D eigenvalue weighted by atomic mass is 35.5. The average molecular weight is 312 g/mol.